The average molecular weight is 772 g/mol. The van der Waals surface area contributed by atoms with E-state index in [1.165, 1.54) is 24.7 Å². The fourth-order valence-corrected chi connectivity index (χ4v) is 9.80. The molecule has 1 saturated heterocycles. The molecule has 0 aromatic heterocycles. The second-order valence-corrected chi connectivity index (χ2v) is 17.6. The average Bonchev–Trinajstić information content (AvgIpc) is 3.48. The minimum atomic E-state index is -0.852. The Hall–Kier alpha value is -4.03. The van der Waals surface area contributed by atoms with E-state index in [2.05, 4.69) is 48.4 Å². The fourth-order valence-electron chi connectivity index (χ4n) is 9.80. The highest BCUT2D eigenvalue weighted by Crippen LogP contribution is 2.61. The summed E-state index contributed by atoms with van der Waals surface area (Å²) < 4.78 is 22.0. The van der Waals surface area contributed by atoms with Crippen LogP contribution in [0.1, 0.15) is 68.9 Å². The molecular weight excluding hydrogens is 710 g/mol. The summed E-state index contributed by atoms with van der Waals surface area (Å²) >= 11 is 0. The number of benzene rings is 3. The van der Waals surface area contributed by atoms with Crippen LogP contribution in [0.4, 0.5) is 10.1 Å². The minimum Gasteiger partial charge on any atom is -0.496 e. The van der Waals surface area contributed by atoms with Crippen molar-refractivity contribution in [2.24, 2.45) is 29.1 Å². The van der Waals surface area contributed by atoms with E-state index in [1.54, 1.807) is 13.0 Å². The van der Waals surface area contributed by atoms with Gasteiger partial charge in [-0.15, -0.1) is 0 Å². The van der Waals surface area contributed by atoms with Gasteiger partial charge in [0, 0.05) is 61.0 Å². The van der Waals surface area contributed by atoms with Crippen molar-refractivity contribution in [2.75, 3.05) is 46.7 Å². The largest absolute Gasteiger partial charge is 0.496 e. The van der Waals surface area contributed by atoms with Crippen LogP contribution in [0, 0.1) is 34.9 Å². The van der Waals surface area contributed by atoms with Gasteiger partial charge in [0.1, 0.15) is 17.6 Å². The Morgan fingerprint density at radius 3 is 2.38 bits per heavy atom. The van der Waals surface area contributed by atoms with Crippen molar-refractivity contribution < 1.29 is 28.7 Å². The number of nitrogens with one attached hydrogen (secondary N) is 2. The lowest BCUT2D eigenvalue weighted by Gasteiger charge is -2.62. The minimum absolute atomic E-state index is 0.0214. The van der Waals surface area contributed by atoms with Crippen LogP contribution in [0.5, 0.6) is 5.75 Å². The van der Waals surface area contributed by atoms with Gasteiger partial charge in [0.05, 0.1) is 25.9 Å². The van der Waals surface area contributed by atoms with Crippen LogP contribution in [0.2, 0.25) is 0 Å². The smallest absolute Gasteiger partial charge is 0.251 e. The number of ether oxygens (including phenoxy) is 1. The Kier molecular flexibility index (Phi) is 12.5. The summed E-state index contributed by atoms with van der Waals surface area (Å²) in [6, 6.07) is 17.8. The molecule has 4 fully saturated rings. The van der Waals surface area contributed by atoms with E-state index in [9.17, 15) is 14.7 Å². The van der Waals surface area contributed by atoms with E-state index in [0.29, 0.717) is 47.4 Å². The molecule has 0 spiro atoms. The molecule has 3 N–H and O–H groups in total. The number of hydrogen-bond donors (Lipinski definition) is 3. The van der Waals surface area contributed by atoms with Crippen molar-refractivity contribution in [3.8, 4) is 16.9 Å². The molecule has 0 unspecified atom stereocenters. The zero-order valence-electron chi connectivity index (χ0n) is 34.8. The normalized spacial score (nSPS) is 26.6. The first-order valence-corrected chi connectivity index (χ1v) is 20.1. The molecule has 3 aromatic rings. The molecule has 10 nitrogen and oxygen atoms in total. The number of halogens is 1. The van der Waals surface area contributed by atoms with E-state index >= 15 is 4.39 Å². The van der Waals surface area contributed by atoms with Crippen molar-refractivity contribution in [3.63, 3.8) is 0 Å². The number of anilines is 1. The number of nitrogens with zero attached hydrogens (tertiary/aromatic N) is 3. The molecule has 1 heterocycles. The molecule has 3 aromatic carbocycles. The Balaban J connectivity index is 1.30. The monoisotopic (exact) mass is 771 g/mol. The molecule has 1 aliphatic heterocycles. The van der Waals surface area contributed by atoms with Crippen LogP contribution in [0.25, 0.3) is 11.1 Å². The third kappa shape index (κ3) is 8.47. The molecule has 4 aliphatic rings. The van der Waals surface area contributed by atoms with Crippen molar-refractivity contribution in [1.29, 1.82) is 0 Å². The summed E-state index contributed by atoms with van der Waals surface area (Å²) in [6.07, 6.45) is 1.44. The van der Waals surface area contributed by atoms with Crippen LogP contribution in [-0.4, -0.2) is 99.1 Å². The van der Waals surface area contributed by atoms with Crippen molar-refractivity contribution in [1.82, 2.24) is 20.6 Å². The van der Waals surface area contributed by atoms with Gasteiger partial charge in [-0.05, 0) is 112 Å². The summed E-state index contributed by atoms with van der Waals surface area (Å²) in [4.78, 5) is 38.5. The molecule has 2 bridgehead atoms. The second-order valence-electron chi connectivity index (χ2n) is 17.6. The zero-order chi connectivity index (χ0) is 40.6. The summed E-state index contributed by atoms with van der Waals surface area (Å²) in [5, 5.41) is 19.1. The van der Waals surface area contributed by atoms with E-state index < -0.39 is 30.0 Å². The number of hydroxylamine groups is 2. The number of likely N-dealkylation sites (N-methyl/N-ethyl adjacent to an activating group) is 1. The third-order valence-electron chi connectivity index (χ3n) is 13.0. The van der Waals surface area contributed by atoms with E-state index in [0.717, 1.165) is 17.7 Å². The van der Waals surface area contributed by atoms with Gasteiger partial charge in [-0.2, -0.15) is 5.06 Å². The van der Waals surface area contributed by atoms with Crippen LogP contribution in [0.3, 0.4) is 0 Å². The predicted molar refractivity (Wildman–Crippen MR) is 219 cm³/mol. The van der Waals surface area contributed by atoms with Gasteiger partial charge in [0.15, 0.2) is 0 Å². The first-order chi connectivity index (χ1) is 26.5. The van der Waals surface area contributed by atoms with Gasteiger partial charge in [-0.3, -0.25) is 14.4 Å². The lowest BCUT2D eigenvalue weighted by atomic mass is 9.45. The van der Waals surface area contributed by atoms with Crippen LogP contribution in [-0.2, 0) is 22.6 Å². The number of amides is 2. The Morgan fingerprint density at radius 2 is 1.77 bits per heavy atom. The summed E-state index contributed by atoms with van der Waals surface area (Å²) in [7, 11) is 9.28. The number of aliphatic hydroxyl groups excluding tert-OH is 1. The van der Waals surface area contributed by atoms with Gasteiger partial charge in [-0.1, -0.05) is 51.1 Å². The van der Waals surface area contributed by atoms with Gasteiger partial charge >= 0.3 is 0 Å². The maximum atomic E-state index is 16.1. The highest BCUT2D eigenvalue weighted by atomic mass is 19.1. The highest BCUT2D eigenvalue weighted by molar-refractivity contribution is 5.97. The third-order valence-corrected chi connectivity index (χ3v) is 13.0. The van der Waals surface area contributed by atoms with Crippen LogP contribution < -0.4 is 20.3 Å². The van der Waals surface area contributed by atoms with E-state index in [-0.39, 0.29) is 47.2 Å². The molecule has 3 aliphatic carbocycles. The Labute approximate surface area is 332 Å². The molecule has 7 rings (SSSR count). The highest BCUT2D eigenvalue weighted by Gasteiger charge is 2.57. The maximum absolute atomic E-state index is 16.1. The topological polar surface area (TPSA) is 107 Å². The van der Waals surface area contributed by atoms with Crippen molar-refractivity contribution in [3.05, 3.63) is 83.2 Å². The lowest BCUT2D eigenvalue weighted by molar-refractivity contribution is -0.175. The van der Waals surface area contributed by atoms with Gasteiger partial charge in [0.2, 0.25) is 5.91 Å². The van der Waals surface area contributed by atoms with Crippen LogP contribution >= 0.6 is 0 Å². The van der Waals surface area contributed by atoms with Crippen LogP contribution in [0.15, 0.2) is 60.7 Å². The number of hydrogen-bond acceptors (Lipinski definition) is 8. The quantitative estimate of drug-likeness (QED) is 0.179. The zero-order valence-corrected chi connectivity index (χ0v) is 34.8. The fraction of sp³-hybridized carbons (Fsp3) is 0.556. The predicted octanol–water partition coefficient (Wildman–Crippen LogP) is 6.16. The first kappa shape index (κ1) is 41.6. The number of aliphatic hydroxyl groups is 1. The van der Waals surface area contributed by atoms with Crippen molar-refractivity contribution in [2.45, 2.75) is 90.8 Å². The number of carbonyl (C=O) groups excluding carboxylic acids is 2. The molecule has 3 saturated carbocycles. The first-order valence-electron chi connectivity index (χ1n) is 20.1. The number of carbonyl (C=O) groups is 2. The molecular formula is C45H62FN5O5. The maximum Gasteiger partial charge on any atom is 0.251 e. The second kappa shape index (κ2) is 16.8. The van der Waals surface area contributed by atoms with Gasteiger partial charge in [-0.25, -0.2) is 4.39 Å². The standard InChI is InChI=1S/C45H62FN5O5/c1-26-37-22-32(45(37,4)5)23-39(26)48-44(54)41-40(27(2)52)28(3)56-51(41)25-36-38(46)17-16-35(42(36)55-10)30-19-31(21-34(20-30)50(8)9)43(53)47-33(24-49(6)7)18-29-14-12-11-13-15-29/h11-17,19-21,26-28,32-33,37,39-41,52H,18,22-25H2,1-10H3,(H,47,53)(H,48,54)/t26-,27-,28-,32+,33-,37-,39-,40+,41-/m0/s1. The summed E-state index contributed by atoms with van der Waals surface area (Å²) in [6.45, 7) is 11.0. The molecule has 11 heteroatoms. The van der Waals surface area contributed by atoms with Gasteiger partial charge in [0.25, 0.3) is 5.91 Å². The molecule has 56 heavy (non-hydrogen) atoms. The molecule has 0 radical (unpaired) electrons. The Bertz CT molecular complexity index is 1870. The van der Waals surface area contributed by atoms with Crippen molar-refractivity contribution >= 4 is 17.5 Å². The molecule has 9 atom stereocenters. The van der Waals surface area contributed by atoms with E-state index in [4.69, 9.17) is 9.57 Å². The molecule has 2 amide bonds. The lowest BCUT2D eigenvalue weighted by Crippen LogP contribution is -2.62. The number of methoxy groups -OCH3 is 1. The molecule has 304 valence electrons. The number of fused-ring (bicyclic) bond motifs is 2. The van der Waals surface area contributed by atoms with Gasteiger partial charge < -0.3 is 30.3 Å². The summed E-state index contributed by atoms with van der Waals surface area (Å²) in [5.74, 6) is 0.211. The SMILES string of the molecule is COc1c(-c2cc(C(=O)N[C@@H](Cc3ccccc3)CN(C)C)cc(N(C)C)c2)ccc(F)c1CN1O[C@@H](C)[C@@H]([C@H](C)O)[C@H]1C(=O)N[C@H]1C[C@H]2C[C@@H]([C@@H]1C)C2(C)C. The Morgan fingerprint density at radius 1 is 1.05 bits per heavy atom. The van der Waals surface area contributed by atoms with E-state index in [1.807, 2.05) is 76.4 Å². The number of rotatable bonds is 14. The summed E-state index contributed by atoms with van der Waals surface area (Å²) in [5.41, 5.74) is 4.13.